The molecule has 142 valence electrons. The van der Waals surface area contributed by atoms with Gasteiger partial charge in [0.1, 0.15) is 11.8 Å². The van der Waals surface area contributed by atoms with Crippen molar-refractivity contribution in [2.24, 2.45) is 5.73 Å². The predicted octanol–water partition coefficient (Wildman–Crippen LogP) is -0.119. The number of carbonyl (C=O) groups excluding carboxylic acids is 3. The maximum Gasteiger partial charge on any atom is 0.261 e. The molecular weight excluding hydrogens is 336 g/mol. The highest BCUT2D eigenvalue weighted by atomic mass is 16.5. The van der Waals surface area contributed by atoms with E-state index in [1.165, 1.54) is 7.05 Å². The summed E-state index contributed by atoms with van der Waals surface area (Å²) in [6, 6.07) is 6.25. The van der Waals surface area contributed by atoms with Crippen LogP contribution in [0.2, 0.25) is 0 Å². The Bertz CT molecular complexity index is 650. The van der Waals surface area contributed by atoms with Crippen molar-refractivity contribution in [3.8, 4) is 5.75 Å². The Hall–Kier alpha value is -2.61. The predicted molar refractivity (Wildman–Crippen MR) is 96.7 cm³/mol. The number of para-hydroxylation sites is 1. The molecule has 0 saturated carbocycles. The maximum atomic E-state index is 12.5. The number of hydrogen-bond acceptors (Lipinski definition) is 5. The molecule has 2 rings (SSSR count). The van der Waals surface area contributed by atoms with Crippen LogP contribution in [-0.2, 0) is 9.59 Å². The van der Waals surface area contributed by atoms with Gasteiger partial charge >= 0.3 is 0 Å². The van der Waals surface area contributed by atoms with Crippen molar-refractivity contribution in [1.82, 2.24) is 15.5 Å². The van der Waals surface area contributed by atoms with E-state index < -0.39 is 6.04 Å². The summed E-state index contributed by atoms with van der Waals surface area (Å²) >= 11 is 0. The van der Waals surface area contributed by atoms with Gasteiger partial charge in [0.05, 0.1) is 5.56 Å². The molecule has 0 spiro atoms. The Morgan fingerprint density at radius 3 is 2.81 bits per heavy atom. The number of benzene rings is 1. The number of ether oxygens (including phenoxy) is 1. The molecule has 1 unspecified atom stereocenters. The molecule has 1 aliphatic heterocycles. The fourth-order valence-corrected chi connectivity index (χ4v) is 2.91. The Labute approximate surface area is 153 Å². The number of rotatable bonds is 8. The van der Waals surface area contributed by atoms with Crippen LogP contribution in [0.15, 0.2) is 24.3 Å². The lowest BCUT2D eigenvalue weighted by atomic mass is 10.2. The smallest absolute Gasteiger partial charge is 0.261 e. The van der Waals surface area contributed by atoms with Gasteiger partial charge in [-0.1, -0.05) is 12.1 Å². The number of likely N-dealkylation sites (tertiary alicyclic amines) is 1. The first-order valence-electron chi connectivity index (χ1n) is 8.79. The van der Waals surface area contributed by atoms with Crippen LogP contribution in [0, 0.1) is 0 Å². The van der Waals surface area contributed by atoms with Crippen molar-refractivity contribution in [2.75, 3.05) is 33.3 Å². The maximum absolute atomic E-state index is 12.5. The van der Waals surface area contributed by atoms with Crippen molar-refractivity contribution >= 4 is 17.7 Å². The lowest BCUT2D eigenvalue weighted by molar-refractivity contribution is -0.139. The average molecular weight is 362 g/mol. The van der Waals surface area contributed by atoms with Crippen LogP contribution in [0.25, 0.3) is 0 Å². The number of nitrogens with two attached hydrogens (primary N) is 1. The molecule has 0 radical (unpaired) electrons. The van der Waals surface area contributed by atoms with Gasteiger partial charge in [-0.15, -0.1) is 0 Å². The number of hydrogen-bond donors (Lipinski definition) is 3. The first kappa shape index (κ1) is 19.7. The second-order valence-corrected chi connectivity index (χ2v) is 6.04. The summed E-state index contributed by atoms with van der Waals surface area (Å²) in [5.41, 5.74) is 5.78. The van der Waals surface area contributed by atoms with Crippen molar-refractivity contribution in [3.05, 3.63) is 29.8 Å². The standard InChI is InChI=1S/C18H26N4O4/c1-20-17(24)13-6-2-3-8-15(13)26-12-16(23)22-11-4-7-14(22)18(25)21-10-5-9-19/h2-3,6,8,14H,4-5,7,9-12,19H2,1H3,(H,20,24)(H,21,25). The summed E-state index contributed by atoms with van der Waals surface area (Å²) < 4.78 is 5.56. The fraction of sp³-hybridized carbons (Fsp3) is 0.500. The second-order valence-electron chi connectivity index (χ2n) is 6.04. The lowest BCUT2D eigenvalue weighted by Gasteiger charge is -2.24. The molecule has 0 bridgehead atoms. The molecule has 1 fully saturated rings. The molecular formula is C18H26N4O4. The van der Waals surface area contributed by atoms with Crippen LogP contribution in [0.5, 0.6) is 5.75 Å². The van der Waals surface area contributed by atoms with Crippen molar-refractivity contribution < 1.29 is 19.1 Å². The number of carbonyl (C=O) groups is 3. The third-order valence-electron chi connectivity index (χ3n) is 4.27. The van der Waals surface area contributed by atoms with Gasteiger partial charge in [-0.3, -0.25) is 14.4 Å². The molecule has 1 aromatic rings. The zero-order valence-corrected chi connectivity index (χ0v) is 15.0. The molecule has 8 heteroatoms. The Morgan fingerprint density at radius 2 is 2.08 bits per heavy atom. The van der Waals surface area contributed by atoms with E-state index in [-0.39, 0.29) is 24.3 Å². The fourth-order valence-electron chi connectivity index (χ4n) is 2.91. The third-order valence-corrected chi connectivity index (χ3v) is 4.27. The van der Waals surface area contributed by atoms with E-state index >= 15 is 0 Å². The molecule has 0 aliphatic carbocycles. The molecule has 1 aromatic carbocycles. The molecule has 1 heterocycles. The second kappa shape index (κ2) is 9.76. The molecule has 1 aliphatic rings. The monoisotopic (exact) mass is 362 g/mol. The summed E-state index contributed by atoms with van der Waals surface area (Å²) in [5.74, 6) is -0.377. The van der Waals surface area contributed by atoms with E-state index in [0.717, 1.165) is 6.42 Å². The summed E-state index contributed by atoms with van der Waals surface area (Å²) in [5, 5.41) is 5.34. The highest BCUT2D eigenvalue weighted by Gasteiger charge is 2.34. The van der Waals surface area contributed by atoms with Gasteiger partial charge in [0.25, 0.3) is 11.8 Å². The first-order valence-corrected chi connectivity index (χ1v) is 8.79. The van der Waals surface area contributed by atoms with Gasteiger partial charge in [-0.25, -0.2) is 0 Å². The van der Waals surface area contributed by atoms with E-state index in [4.69, 9.17) is 10.5 Å². The summed E-state index contributed by atoms with van der Waals surface area (Å²) in [7, 11) is 1.53. The van der Waals surface area contributed by atoms with E-state index in [9.17, 15) is 14.4 Å². The average Bonchev–Trinajstić information content (AvgIpc) is 3.16. The van der Waals surface area contributed by atoms with E-state index in [1.807, 2.05) is 0 Å². The van der Waals surface area contributed by atoms with Crippen LogP contribution in [0.1, 0.15) is 29.6 Å². The van der Waals surface area contributed by atoms with Crippen molar-refractivity contribution in [2.45, 2.75) is 25.3 Å². The highest BCUT2D eigenvalue weighted by Crippen LogP contribution is 2.20. The molecule has 26 heavy (non-hydrogen) atoms. The van der Waals surface area contributed by atoms with Crippen LogP contribution in [0.3, 0.4) is 0 Å². The summed E-state index contributed by atoms with van der Waals surface area (Å²) in [6.45, 7) is 1.31. The number of nitrogens with one attached hydrogen (secondary N) is 2. The topological polar surface area (TPSA) is 114 Å². The molecule has 8 nitrogen and oxygen atoms in total. The summed E-state index contributed by atoms with van der Waals surface area (Å²) in [4.78, 5) is 38.2. The molecule has 1 saturated heterocycles. The van der Waals surface area contributed by atoms with Crippen LogP contribution >= 0.6 is 0 Å². The molecule has 0 aromatic heterocycles. The number of nitrogens with zero attached hydrogens (tertiary/aromatic N) is 1. The Balaban J connectivity index is 1.95. The SMILES string of the molecule is CNC(=O)c1ccccc1OCC(=O)N1CCCC1C(=O)NCCCN. The largest absolute Gasteiger partial charge is 0.483 e. The van der Waals surface area contributed by atoms with Gasteiger partial charge in [-0.05, 0) is 37.9 Å². The quantitative estimate of drug-likeness (QED) is 0.558. The summed E-state index contributed by atoms with van der Waals surface area (Å²) in [6.07, 6.45) is 2.11. The molecule has 1 atom stereocenters. The Morgan fingerprint density at radius 1 is 1.31 bits per heavy atom. The van der Waals surface area contributed by atoms with Gasteiger partial charge in [0, 0.05) is 20.1 Å². The van der Waals surface area contributed by atoms with Crippen molar-refractivity contribution in [3.63, 3.8) is 0 Å². The third kappa shape index (κ3) is 4.95. The van der Waals surface area contributed by atoms with Crippen LogP contribution in [-0.4, -0.2) is 62.0 Å². The minimum absolute atomic E-state index is 0.157. The van der Waals surface area contributed by atoms with Gasteiger partial charge in [0.15, 0.2) is 6.61 Å². The van der Waals surface area contributed by atoms with E-state index in [1.54, 1.807) is 29.2 Å². The first-order chi connectivity index (χ1) is 12.6. The lowest BCUT2D eigenvalue weighted by Crippen LogP contribution is -2.47. The van der Waals surface area contributed by atoms with E-state index in [0.29, 0.717) is 43.8 Å². The van der Waals surface area contributed by atoms with E-state index in [2.05, 4.69) is 10.6 Å². The minimum Gasteiger partial charge on any atom is -0.483 e. The Kier molecular flexibility index (Phi) is 7.40. The number of amides is 3. The zero-order valence-electron chi connectivity index (χ0n) is 15.0. The van der Waals surface area contributed by atoms with Crippen molar-refractivity contribution in [1.29, 1.82) is 0 Å². The highest BCUT2D eigenvalue weighted by molar-refractivity contribution is 5.96. The molecule has 4 N–H and O–H groups in total. The van der Waals surface area contributed by atoms with Crippen LogP contribution < -0.4 is 21.1 Å². The normalized spacial score (nSPS) is 16.2. The van der Waals surface area contributed by atoms with Crippen LogP contribution in [0.4, 0.5) is 0 Å². The minimum atomic E-state index is -0.474. The van der Waals surface area contributed by atoms with Gasteiger partial charge in [0.2, 0.25) is 5.91 Å². The zero-order chi connectivity index (χ0) is 18.9. The van der Waals surface area contributed by atoms with Gasteiger partial charge in [-0.2, -0.15) is 0 Å². The molecule has 3 amide bonds. The van der Waals surface area contributed by atoms with Gasteiger partial charge < -0.3 is 26.0 Å².